The van der Waals surface area contributed by atoms with Crippen LogP contribution in [0.5, 0.6) is 0 Å². The van der Waals surface area contributed by atoms with E-state index in [0.29, 0.717) is 0 Å². The van der Waals surface area contributed by atoms with Gasteiger partial charge < -0.3 is 0 Å². The average Bonchev–Trinajstić information content (AvgIpc) is 3.44. The molecule has 354 valence electrons. The molecular formula is C74H58. The number of benzene rings is 13. The predicted molar refractivity (Wildman–Crippen MR) is 321 cm³/mol. The standard InChI is InChI=1S/C74H58/c1-73(2,3)57-22-16-20-55(43-57)71-61-26-9-7-24-59(61)69(60-25-8-10-27-62(60)71)50-38-32-47(33-39-50)52-40-36-48-34-35-49-37-41-53(46-68(49)67(48)45-52)51-18-15-19-54(42-51)70-63-28-11-13-30-65(63)72(66-31-14-12-29-64(66)70)56-21-17-23-58(44-56)74(4,5)6/h7-46H,1-6H3. The van der Waals surface area contributed by atoms with E-state index in [-0.39, 0.29) is 10.8 Å². The molecule has 0 aliphatic carbocycles. The van der Waals surface area contributed by atoms with E-state index in [1.807, 2.05) is 0 Å². The van der Waals surface area contributed by atoms with Crippen molar-refractivity contribution < 1.29 is 0 Å². The summed E-state index contributed by atoms with van der Waals surface area (Å²) in [5.74, 6) is 0. The summed E-state index contributed by atoms with van der Waals surface area (Å²) in [5, 5.41) is 15.2. The minimum atomic E-state index is 0.0497. The Morgan fingerprint density at radius 1 is 0.189 bits per heavy atom. The Balaban J connectivity index is 0.889. The van der Waals surface area contributed by atoms with Crippen molar-refractivity contribution in [2.45, 2.75) is 52.4 Å². The van der Waals surface area contributed by atoms with Gasteiger partial charge in [-0.1, -0.05) is 266 Å². The number of hydrogen-bond acceptors (Lipinski definition) is 0. The van der Waals surface area contributed by atoms with Gasteiger partial charge >= 0.3 is 0 Å². The van der Waals surface area contributed by atoms with Gasteiger partial charge in [-0.05, 0) is 172 Å². The molecule has 0 heterocycles. The van der Waals surface area contributed by atoms with Crippen LogP contribution in [-0.2, 0) is 10.8 Å². The van der Waals surface area contributed by atoms with Gasteiger partial charge in [0, 0.05) is 0 Å². The van der Waals surface area contributed by atoms with Crippen LogP contribution >= 0.6 is 0 Å². The molecule has 0 atom stereocenters. The maximum Gasteiger partial charge on any atom is -0.00262 e. The van der Waals surface area contributed by atoms with E-state index in [4.69, 9.17) is 0 Å². The van der Waals surface area contributed by atoms with E-state index in [1.165, 1.54) is 143 Å². The maximum absolute atomic E-state index is 2.41. The highest BCUT2D eigenvalue weighted by Gasteiger charge is 2.22. The topological polar surface area (TPSA) is 0 Å². The molecule has 0 spiro atoms. The zero-order valence-corrected chi connectivity index (χ0v) is 43.1. The molecule has 13 aromatic carbocycles. The molecule has 0 amide bonds. The number of rotatable bonds is 6. The van der Waals surface area contributed by atoms with Crippen LogP contribution in [0, 0.1) is 0 Å². The van der Waals surface area contributed by atoms with Gasteiger partial charge in [0.2, 0.25) is 0 Å². The molecule has 0 unspecified atom stereocenters. The first kappa shape index (κ1) is 45.3. The van der Waals surface area contributed by atoms with Crippen LogP contribution in [0.1, 0.15) is 52.7 Å². The van der Waals surface area contributed by atoms with Crippen LogP contribution in [0.25, 0.3) is 131 Å². The first-order valence-electron chi connectivity index (χ1n) is 26.2. The summed E-state index contributed by atoms with van der Waals surface area (Å²) in [6, 6.07) is 91.2. The zero-order valence-electron chi connectivity index (χ0n) is 43.1. The third-order valence-corrected chi connectivity index (χ3v) is 15.7. The van der Waals surface area contributed by atoms with Crippen LogP contribution in [0.3, 0.4) is 0 Å². The second-order valence-corrected chi connectivity index (χ2v) is 22.4. The summed E-state index contributed by atoms with van der Waals surface area (Å²) in [6.45, 7) is 13.8. The van der Waals surface area contributed by atoms with Crippen LogP contribution in [0.2, 0.25) is 0 Å². The molecule has 0 bridgehead atoms. The second-order valence-electron chi connectivity index (χ2n) is 22.4. The Bertz CT molecular complexity index is 4250. The first-order valence-corrected chi connectivity index (χ1v) is 26.2. The van der Waals surface area contributed by atoms with E-state index in [1.54, 1.807) is 0 Å². The molecule has 0 aromatic heterocycles. The fourth-order valence-electron chi connectivity index (χ4n) is 11.9. The summed E-state index contributed by atoms with van der Waals surface area (Å²) < 4.78 is 0. The van der Waals surface area contributed by atoms with Gasteiger partial charge in [0.1, 0.15) is 0 Å². The monoisotopic (exact) mass is 946 g/mol. The molecule has 0 radical (unpaired) electrons. The van der Waals surface area contributed by atoms with Crippen LogP contribution in [0.15, 0.2) is 243 Å². The molecular weight excluding hydrogens is 889 g/mol. The second kappa shape index (κ2) is 17.6. The van der Waals surface area contributed by atoms with Gasteiger partial charge in [-0.15, -0.1) is 0 Å². The lowest BCUT2D eigenvalue weighted by Crippen LogP contribution is -2.10. The summed E-state index contributed by atoms with van der Waals surface area (Å²) in [4.78, 5) is 0. The van der Waals surface area contributed by atoms with E-state index < -0.39 is 0 Å². The molecule has 0 fully saturated rings. The van der Waals surface area contributed by atoms with Gasteiger partial charge in [0.25, 0.3) is 0 Å². The lowest BCUT2D eigenvalue weighted by Gasteiger charge is -2.22. The molecule has 0 saturated heterocycles. The minimum Gasteiger partial charge on any atom is -0.0616 e. The highest BCUT2D eigenvalue weighted by atomic mass is 14.3. The van der Waals surface area contributed by atoms with Crippen molar-refractivity contribution in [1.29, 1.82) is 0 Å². The van der Waals surface area contributed by atoms with Crippen molar-refractivity contribution in [1.82, 2.24) is 0 Å². The van der Waals surface area contributed by atoms with Gasteiger partial charge in [-0.2, -0.15) is 0 Å². The molecule has 0 heteroatoms. The lowest BCUT2D eigenvalue weighted by molar-refractivity contribution is 0.590. The van der Waals surface area contributed by atoms with E-state index >= 15 is 0 Å². The molecule has 13 rings (SSSR count). The van der Waals surface area contributed by atoms with Crippen molar-refractivity contribution in [2.24, 2.45) is 0 Å². The molecule has 0 aliphatic heterocycles. The Hall–Kier alpha value is -8.58. The molecule has 13 aromatic rings. The molecule has 0 N–H and O–H groups in total. The average molecular weight is 947 g/mol. The fourth-order valence-corrected chi connectivity index (χ4v) is 11.9. The Labute approximate surface area is 435 Å². The summed E-state index contributed by atoms with van der Waals surface area (Å²) >= 11 is 0. The minimum absolute atomic E-state index is 0.0497. The van der Waals surface area contributed by atoms with Gasteiger partial charge in [0.05, 0.1) is 0 Å². The third kappa shape index (κ3) is 7.76. The summed E-state index contributed by atoms with van der Waals surface area (Å²) in [6.07, 6.45) is 0. The summed E-state index contributed by atoms with van der Waals surface area (Å²) in [5.41, 5.74) is 17.7. The van der Waals surface area contributed by atoms with Crippen molar-refractivity contribution >= 4 is 64.6 Å². The SMILES string of the molecule is CC(C)(C)c1cccc(-c2c3ccccc3c(-c3ccc(-c4ccc5ccc6ccc(-c7cccc(-c8c9ccccc9c(-c9cccc(C(C)(C)C)c9)c9ccccc89)c7)cc6c5c4)cc3)c3ccccc23)c1. The Kier molecular flexibility index (Phi) is 10.8. The Morgan fingerprint density at radius 2 is 0.459 bits per heavy atom. The van der Waals surface area contributed by atoms with E-state index in [0.717, 1.165) is 0 Å². The normalized spacial score (nSPS) is 12.2. The van der Waals surface area contributed by atoms with Crippen molar-refractivity contribution in [3.8, 4) is 66.8 Å². The fraction of sp³-hybridized carbons (Fsp3) is 0.108. The first-order chi connectivity index (χ1) is 36.0. The molecule has 74 heavy (non-hydrogen) atoms. The van der Waals surface area contributed by atoms with Gasteiger partial charge in [-0.3, -0.25) is 0 Å². The van der Waals surface area contributed by atoms with Crippen molar-refractivity contribution in [3.05, 3.63) is 254 Å². The predicted octanol–water partition coefficient (Wildman–Crippen LogP) is 21.2. The quantitative estimate of drug-likeness (QED) is 0.115. The van der Waals surface area contributed by atoms with Gasteiger partial charge in [0.15, 0.2) is 0 Å². The lowest BCUT2D eigenvalue weighted by atomic mass is 9.82. The summed E-state index contributed by atoms with van der Waals surface area (Å²) in [7, 11) is 0. The largest absolute Gasteiger partial charge is 0.0616 e. The van der Waals surface area contributed by atoms with Crippen molar-refractivity contribution in [3.63, 3.8) is 0 Å². The van der Waals surface area contributed by atoms with Crippen LogP contribution in [0.4, 0.5) is 0 Å². The zero-order chi connectivity index (χ0) is 50.3. The molecule has 0 nitrogen and oxygen atoms in total. The van der Waals surface area contributed by atoms with Crippen LogP contribution < -0.4 is 0 Å². The maximum atomic E-state index is 2.41. The Morgan fingerprint density at radius 3 is 0.838 bits per heavy atom. The smallest absolute Gasteiger partial charge is 0.00262 e. The van der Waals surface area contributed by atoms with E-state index in [2.05, 4.69) is 284 Å². The number of hydrogen-bond donors (Lipinski definition) is 0. The van der Waals surface area contributed by atoms with Crippen molar-refractivity contribution in [2.75, 3.05) is 0 Å². The van der Waals surface area contributed by atoms with Crippen LogP contribution in [-0.4, -0.2) is 0 Å². The molecule has 0 aliphatic rings. The highest BCUT2D eigenvalue weighted by Crippen LogP contribution is 2.47. The highest BCUT2D eigenvalue weighted by molar-refractivity contribution is 6.23. The molecule has 0 saturated carbocycles. The number of fused-ring (bicyclic) bond motifs is 7. The van der Waals surface area contributed by atoms with E-state index in [9.17, 15) is 0 Å². The third-order valence-electron chi connectivity index (χ3n) is 15.7. The van der Waals surface area contributed by atoms with Gasteiger partial charge in [-0.25, -0.2) is 0 Å².